The van der Waals surface area contributed by atoms with Crippen LogP contribution in [0.15, 0.2) is 30.7 Å². The summed E-state index contributed by atoms with van der Waals surface area (Å²) in [5, 5.41) is 13.0. The summed E-state index contributed by atoms with van der Waals surface area (Å²) in [7, 11) is 3.94. The summed E-state index contributed by atoms with van der Waals surface area (Å²) in [5.74, 6) is 1.50. The highest BCUT2D eigenvalue weighted by Gasteiger charge is 2.21. The monoisotopic (exact) mass is 360 g/mol. The molecule has 4 aromatic heterocycles. The molecule has 0 bridgehead atoms. The molecule has 0 unspecified atom stereocenters. The molecule has 0 saturated heterocycles. The fourth-order valence-corrected chi connectivity index (χ4v) is 3.74. The second kappa shape index (κ2) is 6.15. The Morgan fingerprint density at radius 2 is 2.15 bits per heavy atom. The predicted octanol–water partition coefficient (Wildman–Crippen LogP) is 2.27. The fraction of sp³-hybridized carbons (Fsp3) is 0.316. The summed E-state index contributed by atoms with van der Waals surface area (Å²) < 4.78 is 1.78. The number of hydrogen-bond acceptors (Lipinski definition) is 6. The van der Waals surface area contributed by atoms with Crippen LogP contribution in [0.1, 0.15) is 23.4 Å². The summed E-state index contributed by atoms with van der Waals surface area (Å²) >= 11 is 0. The van der Waals surface area contributed by atoms with Crippen molar-refractivity contribution in [3.8, 4) is 11.4 Å². The molecule has 0 spiro atoms. The SMILES string of the molecule is CN(Cc1n[nH]c2c1CCC2)c1nc(-c2cccnc2)nc2c1cnn2C. The second-order valence-electron chi connectivity index (χ2n) is 6.96. The Kier molecular flexibility index (Phi) is 3.63. The number of rotatable bonds is 4. The topological polar surface area (TPSA) is 88.4 Å². The molecule has 27 heavy (non-hydrogen) atoms. The van der Waals surface area contributed by atoms with Crippen molar-refractivity contribution in [3.63, 3.8) is 0 Å². The Labute approximate surface area is 156 Å². The van der Waals surface area contributed by atoms with Crippen molar-refractivity contribution in [2.24, 2.45) is 7.05 Å². The van der Waals surface area contributed by atoms with Crippen molar-refractivity contribution < 1.29 is 0 Å². The minimum absolute atomic E-state index is 0.647. The lowest BCUT2D eigenvalue weighted by molar-refractivity contribution is 0.785. The number of fused-ring (bicyclic) bond motifs is 2. The van der Waals surface area contributed by atoms with Crippen LogP contribution in [0, 0.1) is 0 Å². The maximum Gasteiger partial charge on any atom is 0.165 e. The van der Waals surface area contributed by atoms with Gasteiger partial charge in [0.2, 0.25) is 0 Å². The van der Waals surface area contributed by atoms with Gasteiger partial charge in [-0.2, -0.15) is 10.2 Å². The number of aryl methyl sites for hydroxylation is 2. The molecule has 1 aliphatic carbocycles. The Bertz CT molecular complexity index is 1110. The van der Waals surface area contributed by atoms with Crippen molar-refractivity contribution in [2.75, 3.05) is 11.9 Å². The van der Waals surface area contributed by atoms with Crippen molar-refractivity contribution in [1.82, 2.24) is 34.9 Å². The maximum absolute atomic E-state index is 4.84. The van der Waals surface area contributed by atoms with Gasteiger partial charge >= 0.3 is 0 Å². The van der Waals surface area contributed by atoms with E-state index in [0.29, 0.717) is 12.4 Å². The van der Waals surface area contributed by atoms with Gasteiger partial charge < -0.3 is 4.90 Å². The third-order valence-electron chi connectivity index (χ3n) is 5.13. The Morgan fingerprint density at radius 3 is 3.00 bits per heavy atom. The fourth-order valence-electron chi connectivity index (χ4n) is 3.74. The number of aromatic amines is 1. The number of anilines is 1. The number of pyridine rings is 1. The van der Waals surface area contributed by atoms with Crippen LogP contribution < -0.4 is 4.90 Å². The molecule has 136 valence electrons. The van der Waals surface area contributed by atoms with E-state index in [0.717, 1.165) is 41.0 Å². The van der Waals surface area contributed by atoms with Crippen molar-refractivity contribution in [3.05, 3.63) is 47.7 Å². The predicted molar refractivity (Wildman–Crippen MR) is 102 cm³/mol. The highest BCUT2D eigenvalue weighted by Crippen LogP contribution is 2.29. The molecule has 0 fully saturated rings. The molecule has 0 amide bonds. The molecule has 0 radical (unpaired) electrons. The van der Waals surface area contributed by atoms with Crippen LogP contribution in [-0.4, -0.2) is 42.0 Å². The molecular weight excluding hydrogens is 340 g/mol. The lowest BCUT2D eigenvalue weighted by Gasteiger charge is -2.19. The molecule has 0 aromatic carbocycles. The first-order valence-electron chi connectivity index (χ1n) is 9.07. The largest absolute Gasteiger partial charge is 0.353 e. The average Bonchev–Trinajstić information content (AvgIpc) is 3.40. The van der Waals surface area contributed by atoms with Crippen LogP contribution in [0.4, 0.5) is 5.82 Å². The van der Waals surface area contributed by atoms with Crippen molar-refractivity contribution in [2.45, 2.75) is 25.8 Å². The lowest BCUT2D eigenvalue weighted by atomic mass is 10.2. The number of hydrogen-bond donors (Lipinski definition) is 1. The van der Waals surface area contributed by atoms with Gasteiger partial charge in [0.05, 0.1) is 23.8 Å². The van der Waals surface area contributed by atoms with Gasteiger partial charge in [-0.05, 0) is 37.0 Å². The van der Waals surface area contributed by atoms with Gasteiger partial charge in [0.15, 0.2) is 11.5 Å². The smallest absolute Gasteiger partial charge is 0.165 e. The highest BCUT2D eigenvalue weighted by atomic mass is 15.3. The van der Waals surface area contributed by atoms with Crippen molar-refractivity contribution in [1.29, 1.82) is 0 Å². The molecule has 4 aromatic rings. The zero-order valence-corrected chi connectivity index (χ0v) is 15.3. The molecular formula is C19H20N8. The summed E-state index contributed by atoms with van der Waals surface area (Å²) in [4.78, 5) is 15.9. The molecule has 1 N–H and O–H groups in total. The first-order chi connectivity index (χ1) is 13.2. The van der Waals surface area contributed by atoms with E-state index in [9.17, 15) is 0 Å². The molecule has 8 nitrogen and oxygen atoms in total. The lowest BCUT2D eigenvalue weighted by Crippen LogP contribution is -2.19. The number of nitrogens with zero attached hydrogens (tertiary/aromatic N) is 7. The standard InChI is InChI=1S/C19H20N8/c1-26(11-16-13-6-3-7-15(13)24-25-16)18-14-10-21-27(2)19(14)23-17(22-18)12-5-4-8-20-9-12/h4-5,8-10H,3,6-7,11H2,1-2H3,(H,24,25). The maximum atomic E-state index is 4.84. The summed E-state index contributed by atoms with van der Waals surface area (Å²) in [6.45, 7) is 0.694. The van der Waals surface area contributed by atoms with E-state index < -0.39 is 0 Å². The highest BCUT2D eigenvalue weighted by molar-refractivity contribution is 5.88. The Hall–Kier alpha value is -3.29. The Balaban J connectivity index is 1.58. The second-order valence-corrected chi connectivity index (χ2v) is 6.96. The first-order valence-corrected chi connectivity index (χ1v) is 9.07. The van der Waals surface area contributed by atoms with Crippen LogP contribution >= 0.6 is 0 Å². The van der Waals surface area contributed by atoms with Gasteiger partial charge in [0, 0.05) is 37.7 Å². The quantitative estimate of drug-likeness (QED) is 0.601. The van der Waals surface area contributed by atoms with Gasteiger partial charge in [0.1, 0.15) is 5.82 Å². The zero-order chi connectivity index (χ0) is 18.4. The third kappa shape index (κ3) is 2.64. The minimum atomic E-state index is 0.647. The van der Waals surface area contributed by atoms with Gasteiger partial charge in [-0.1, -0.05) is 0 Å². The van der Waals surface area contributed by atoms with Crippen LogP contribution in [0.25, 0.3) is 22.4 Å². The van der Waals surface area contributed by atoms with Crippen LogP contribution in [0.5, 0.6) is 0 Å². The zero-order valence-electron chi connectivity index (χ0n) is 15.3. The van der Waals surface area contributed by atoms with Crippen LogP contribution in [-0.2, 0) is 26.4 Å². The van der Waals surface area contributed by atoms with E-state index in [1.54, 1.807) is 17.1 Å². The average molecular weight is 360 g/mol. The van der Waals surface area contributed by atoms with E-state index >= 15 is 0 Å². The third-order valence-corrected chi connectivity index (χ3v) is 5.13. The minimum Gasteiger partial charge on any atom is -0.353 e. The molecule has 4 heterocycles. The van der Waals surface area contributed by atoms with Gasteiger partial charge in [-0.3, -0.25) is 14.8 Å². The van der Waals surface area contributed by atoms with Gasteiger partial charge in [-0.15, -0.1) is 0 Å². The molecule has 0 saturated carbocycles. The first kappa shape index (κ1) is 15.9. The molecule has 5 rings (SSSR count). The number of aromatic nitrogens is 7. The normalized spacial score (nSPS) is 13.3. The molecule has 0 aliphatic heterocycles. The Morgan fingerprint density at radius 1 is 1.22 bits per heavy atom. The summed E-state index contributed by atoms with van der Waals surface area (Å²) in [6, 6.07) is 3.86. The van der Waals surface area contributed by atoms with E-state index in [4.69, 9.17) is 9.97 Å². The van der Waals surface area contributed by atoms with E-state index in [1.165, 1.54) is 17.7 Å². The number of H-pyrrole nitrogens is 1. The molecule has 8 heteroatoms. The summed E-state index contributed by atoms with van der Waals surface area (Å²) in [5.41, 5.74) is 5.44. The molecule has 0 atom stereocenters. The number of nitrogens with one attached hydrogen (secondary N) is 1. The van der Waals surface area contributed by atoms with Crippen LogP contribution in [0.2, 0.25) is 0 Å². The van der Waals surface area contributed by atoms with Crippen LogP contribution in [0.3, 0.4) is 0 Å². The van der Waals surface area contributed by atoms with E-state index in [2.05, 4.69) is 25.2 Å². The summed E-state index contributed by atoms with van der Waals surface area (Å²) in [6.07, 6.45) is 8.74. The van der Waals surface area contributed by atoms with Crippen molar-refractivity contribution >= 4 is 16.9 Å². The van der Waals surface area contributed by atoms with Gasteiger partial charge in [0.25, 0.3) is 0 Å². The van der Waals surface area contributed by atoms with E-state index in [1.807, 2.05) is 32.4 Å². The van der Waals surface area contributed by atoms with Gasteiger partial charge in [-0.25, -0.2) is 9.97 Å². The molecule has 1 aliphatic rings. The van der Waals surface area contributed by atoms with E-state index in [-0.39, 0.29) is 0 Å².